The number of carbonyl (C=O) groups is 1. The Kier molecular flexibility index (Phi) is 4.37. The van der Waals surface area contributed by atoms with E-state index in [-0.39, 0.29) is 6.54 Å². The van der Waals surface area contributed by atoms with Gasteiger partial charge in [0.05, 0.1) is 6.54 Å². The lowest BCUT2D eigenvalue weighted by atomic mass is 9.82. The molecule has 0 radical (unpaired) electrons. The van der Waals surface area contributed by atoms with E-state index in [2.05, 4.69) is 24.3 Å². The highest BCUT2D eigenvalue weighted by Crippen LogP contribution is 2.31. The van der Waals surface area contributed by atoms with Gasteiger partial charge in [0.15, 0.2) is 0 Å². The molecule has 0 spiro atoms. The van der Waals surface area contributed by atoms with Gasteiger partial charge in [-0.3, -0.25) is 9.69 Å². The zero-order valence-electron chi connectivity index (χ0n) is 10.9. The second-order valence-electron chi connectivity index (χ2n) is 5.01. The van der Waals surface area contributed by atoms with E-state index in [0.29, 0.717) is 5.92 Å². The van der Waals surface area contributed by atoms with Crippen LogP contribution >= 0.6 is 0 Å². The second kappa shape index (κ2) is 6.01. The molecule has 1 aliphatic rings. The number of carboxylic acid groups (broad SMARTS) is 1. The third kappa shape index (κ3) is 3.10. The van der Waals surface area contributed by atoms with Crippen molar-refractivity contribution in [3.63, 3.8) is 0 Å². The fourth-order valence-corrected chi connectivity index (χ4v) is 2.85. The number of carboxylic acids is 1. The first-order valence-corrected chi connectivity index (χ1v) is 6.72. The van der Waals surface area contributed by atoms with E-state index >= 15 is 0 Å². The lowest BCUT2D eigenvalue weighted by Gasteiger charge is -2.30. The van der Waals surface area contributed by atoms with Crippen LogP contribution in [0.5, 0.6) is 0 Å². The van der Waals surface area contributed by atoms with Crippen LogP contribution in [0.15, 0.2) is 24.3 Å². The Morgan fingerprint density at radius 1 is 1.44 bits per heavy atom. The summed E-state index contributed by atoms with van der Waals surface area (Å²) in [5.41, 5.74) is 2.87. The molecular weight excluding hydrogens is 226 g/mol. The predicted molar refractivity (Wildman–Crippen MR) is 71.9 cm³/mol. The molecule has 1 aliphatic carbocycles. The number of rotatable bonds is 5. The molecule has 3 heteroatoms. The molecule has 1 unspecified atom stereocenters. The topological polar surface area (TPSA) is 40.5 Å². The van der Waals surface area contributed by atoms with Gasteiger partial charge in [-0.05, 0) is 42.9 Å². The summed E-state index contributed by atoms with van der Waals surface area (Å²) in [7, 11) is 0. The zero-order chi connectivity index (χ0) is 13.0. The minimum Gasteiger partial charge on any atom is -0.480 e. The molecule has 2 rings (SSSR count). The van der Waals surface area contributed by atoms with Crippen LogP contribution in [0, 0.1) is 0 Å². The van der Waals surface area contributed by atoms with E-state index in [1.165, 1.54) is 24.0 Å². The molecule has 0 fully saturated rings. The van der Waals surface area contributed by atoms with E-state index in [1.807, 2.05) is 11.8 Å². The Hall–Kier alpha value is -1.35. The molecule has 0 heterocycles. The maximum atomic E-state index is 10.8. The van der Waals surface area contributed by atoms with Crippen molar-refractivity contribution in [1.29, 1.82) is 0 Å². The summed E-state index contributed by atoms with van der Waals surface area (Å²) >= 11 is 0. The zero-order valence-corrected chi connectivity index (χ0v) is 10.9. The van der Waals surface area contributed by atoms with Crippen LogP contribution in [0.25, 0.3) is 0 Å². The Morgan fingerprint density at radius 2 is 2.22 bits per heavy atom. The third-order valence-corrected chi connectivity index (χ3v) is 3.78. The van der Waals surface area contributed by atoms with E-state index in [1.54, 1.807) is 0 Å². The van der Waals surface area contributed by atoms with Crippen LogP contribution in [-0.2, 0) is 11.2 Å². The highest BCUT2D eigenvalue weighted by atomic mass is 16.4. The molecule has 1 N–H and O–H groups in total. The van der Waals surface area contributed by atoms with E-state index < -0.39 is 5.97 Å². The molecule has 0 bridgehead atoms. The molecule has 1 atom stereocenters. The van der Waals surface area contributed by atoms with Gasteiger partial charge < -0.3 is 5.11 Å². The lowest BCUT2D eigenvalue weighted by molar-refractivity contribution is -0.138. The molecule has 18 heavy (non-hydrogen) atoms. The number of benzene rings is 1. The van der Waals surface area contributed by atoms with Gasteiger partial charge in [-0.15, -0.1) is 0 Å². The van der Waals surface area contributed by atoms with Gasteiger partial charge in [0, 0.05) is 6.54 Å². The summed E-state index contributed by atoms with van der Waals surface area (Å²) < 4.78 is 0. The number of fused-ring (bicyclic) bond motifs is 1. The predicted octanol–water partition coefficient (Wildman–Crippen LogP) is 2.51. The number of aliphatic carboxylic acids is 1. The van der Waals surface area contributed by atoms with Crippen LogP contribution in [-0.4, -0.2) is 35.6 Å². The normalized spacial score (nSPS) is 18.7. The highest BCUT2D eigenvalue weighted by Gasteiger charge is 2.22. The number of hydrogen-bond acceptors (Lipinski definition) is 2. The summed E-state index contributed by atoms with van der Waals surface area (Å²) in [6.45, 7) is 3.83. The molecule has 0 amide bonds. The van der Waals surface area contributed by atoms with E-state index in [4.69, 9.17) is 5.11 Å². The summed E-state index contributed by atoms with van der Waals surface area (Å²) in [5, 5.41) is 8.90. The molecule has 0 saturated heterocycles. The number of likely N-dealkylation sites (N-methyl/N-ethyl adjacent to an activating group) is 1. The van der Waals surface area contributed by atoms with Crippen LogP contribution in [0.2, 0.25) is 0 Å². The summed E-state index contributed by atoms with van der Waals surface area (Å²) in [6, 6.07) is 8.59. The first-order chi connectivity index (χ1) is 8.70. The lowest BCUT2D eigenvalue weighted by Crippen LogP contribution is -2.34. The van der Waals surface area contributed by atoms with Gasteiger partial charge in [0.1, 0.15) is 0 Å². The monoisotopic (exact) mass is 247 g/mol. The first kappa shape index (κ1) is 13.1. The molecule has 1 aromatic rings. The number of aryl methyl sites for hydroxylation is 1. The Labute approximate surface area is 108 Å². The van der Waals surface area contributed by atoms with Crippen LogP contribution in [0.1, 0.15) is 36.8 Å². The number of hydrogen-bond donors (Lipinski definition) is 1. The van der Waals surface area contributed by atoms with Crippen molar-refractivity contribution >= 4 is 5.97 Å². The van der Waals surface area contributed by atoms with Gasteiger partial charge in [-0.25, -0.2) is 0 Å². The molecule has 98 valence electrons. The molecule has 1 aromatic carbocycles. The van der Waals surface area contributed by atoms with E-state index in [9.17, 15) is 4.79 Å². The summed E-state index contributed by atoms with van der Waals surface area (Å²) in [4.78, 5) is 12.8. The largest absolute Gasteiger partial charge is 0.480 e. The SMILES string of the molecule is CCN(CC(=O)O)CC1CCCc2ccccc21. The Balaban J connectivity index is 2.08. The second-order valence-corrected chi connectivity index (χ2v) is 5.01. The third-order valence-electron chi connectivity index (χ3n) is 3.78. The van der Waals surface area contributed by atoms with Crippen molar-refractivity contribution in [3.8, 4) is 0 Å². The van der Waals surface area contributed by atoms with Crippen LogP contribution < -0.4 is 0 Å². The standard InChI is InChI=1S/C15H21NO2/c1-2-16(11-15(17)18)10-13-8-5-7-12-6-3-4-9-14(12)13/h3-4,6,9,13H,2,5,7-8,10-11H2,1H3,(H,17,18). The average molecular weight is 247 g/mol. The van der Waals surface area contributed by atoms with Crippen molar-refractivity contribution in [2.45, 2.75) is 32.1 Å². The minimum absolute atomic E-state index is 0.148. The fraction of sp³-hybridized carbons (Fsp3) is 0.533. The molecule has 0 saturated carbocycles. The summed E-state index contributed by atoms with van der Waals surface area (Å²) in [6.07, 6.45) is 3.55. The quantitative estimate of drug-likeness (QED) is 0.869. The number of nitrogens with zero attached hydrogens (tertiary/aromatic N) is 1. The maximum absolute atomic E-state index is 10.8. The highest BCUT2D eigenvalue weighted by molar-refractivity contribution is 5.69. The van der Waals surface area contributed by atoms with Gasteiger partial charge in [0.25, 0.3) is 0 Å². The van der Waals surface area contributed by atoms with Gasteiger partial charge in [-0.1, -0.05) is 31.2 Å². The summed E-state index contributed by atoms with van der Waals surface area (Å²) in [5.74, 6) is -0.241. The smallest absolute Gasteiger partial charge is 0.317 e. The van der Waals surface area contributed by atoms with Crippen molar-refractivity contribution in [3.05, 3.63) is 35.4 Å². The van der Waals surface area contributed by atoms with Crippen molar-refractivity contribution in [2.24, 2.45) is 0 Å². The van der Waals surface area contributed by atoms with Gasteiger partial charge >= 0.3 is 5.97 Å². The van der Waals surface area contributed by atoms with Crippen LogP contribution in [0.4, 0.5) is 0 Å². The Bertz CT molecular complexity index is 417. The Morgan fingerprint density at radius 3 is 2.94 bits per heavy atom. The fourth-order valence-electron chi connectivity index (χ4n) is 2.85. The van der Waals surface area contributed by atoms with Gasteiger partial charge in [-0.2, -0.15) is 0 Å². The van der Waals surface area contributed by atoms with E-state index in [0.717, 1.165) is 19.5 Å². The molecular formula is C15H21NO2. The molecule has 0 aromatic heterocycles. The van der Waals surface area contributed by atoms with Gasteiger partial charge in [0.2, 0.25) is 0 Å². The maximum Gasteiger partial charge on any atom is 0.317 e. The van der Waals surface area contributed by atoms with Crippen molar-refractivity contribution in [2.75, 3.05) is 19.6 Å². The first-order valence-electron chi connectivity index (χ1n) is 6.72. The van der Waals surface area contributed by atoms with Crippen molar-refractivity contribution in [1.82, 2.24) is 4.90 Å². The van der Waals surface area contributed by atoms with Crippen molar-refractivity contribution < 1.29 is 9.90 Å². The van der Waals surface area contributed by atoms with Crippen LogP contribution in [0.3, 0.4) is 0 Å². The molecule has 3 nitrogen and oxygen atoms in total. The minimum atomic E-state index is -0.735. The average Bonchev–Trinajstić information content (AvgIpc) is 2.38. The molecule has 0 aliphatic heterocycles.